The smallest absolute Gasteiger partial charge is 0.262 e. The number of nitrogens with zero attached hydrogens (tertiary/aromatic N) is 2. The minimum Gasteiger partial charge on any atom is -0.384 e. The summed E-state index contributed by atoms with van der Waals surface area (Å²) >= 11 is 0. The van der Waals surface area contributed by atoms with Gasteiger partial charge >= 0.3 is 0 Å². The molecule has 2 aromatic rings. The Bertz CT molecular complexity index is 905. The quantitative estimate of drug-likeness (QED) is 0.722. The number of carbonyl (C=O) groups is 2. The Hall–Kier alpha value is -3.40. The normalized spacial score (nSPS) is 12.7. The molecule has 1 aromatic carbocycles. The molecule has 0 aliphatic carbocycles. The van der Waals surface area contributed by atoms with Crippen molar-refractivity contribution in [2.75, 3.05) is 5.73 Å². The highest BCUT2D eigenvalue weighted by molar-refractivity contribution is 6.23. The van der Waals surface area contributed by atoms with Crippen LogP contribution >= 0.6 is 0 Å². The monoisotopic (exact) mass is 280 g/mol. The van der Waals surface area contributed by atoms with Crippen LogP contribution in [-0.4, -0.2) is 16.4 Å². The van der Waals surface area contributed by atoms with Crippen LogP contribution in [0.25, 0.3) is 5.69 Å². The molecule has 0 spiro atoms. The maximum Gasteiger partial charge on any atom is 0.262 e. The molecule has 0 saturated carbocycles. The number of benzene rings is 1. The van der Waals surface area contributed by atoms with E-state index in [0.717, 1.165) is 10.6 Å². The lowest BCUT2D eigenvalue weighted by atomic mass is 10.1. The van der Waals surface area contributed by atoms with E-state index in [1.54, 1.807) is 12.1 Å². The second kappa shape index (κ2) is 4.31. The number of nitrogens with one attached hydrogen (secondary N) is 1. The lowest BCUT2D eigenvalue weighted by molar-refractivity contribution is 0.0880. The van der Waals surface area contributed by atoms with Gasteiger partial charge in [-0.05, 0) is 12.1 Å². The van der Waals surface area contributed by atoms with Crippen molar-refractivity contribution in [3.8, 4) is 11.8 Å². The van der Waals surface area contributed by atoms with Gasteiger partial charge < -0.3 is 5.73 Å². The van der Waals surface area contributed by atoms with Crippen molar-refractivity contribution in [3.63, 3.8) is 0 Å². The number of nitriles is 1. The number of fused-ring (bicyclic) bond motifs is 1. The van der Waals surface area contributed by atoms with Gasteiger partial charge in [0, 0.05) is 6.07 Å². The number of hydrogen-bond acceptors (Lipinski definition) is 5. The number of amides is 2. The molecule has 3 N–H and O–H groups in total. The summed E-state index contributed by atoms with van der Waals surface area (Å²) in [6.45, 7) is 0. The van der Waals surface area contributed by atoms with Crippen molar-refractivity contribution in [1.82, 2.24) is 9.88 Å². The number of aromatic nitrogens is 1. The molecule has 21 heavy (non-hydrogen) atoms. The summed E-state index contributed by atoms with van der Waals surface area (Å²) in [5.41, 5.74) is 5.70. The fourth-order valence-electron chi connectivity index (χ4n) is 2.29. The zero-order valence-corrected chi connectivity index (χ0v) is 10.6. The molecule has 2 heterocycles. The zero-order chi connectivity index (χ0) is 15.1. The predicted molar refractivity (Wildman–Crippen MR) is 73.0 cm³/mol. The minimum absolute atomic E-state index is 0.0480. The van der Waals surface area contributed by atoms with Gasteiger partial charge in [-0.25, -0.2) is 0 Å². The highest BCUT2D eigenvalue weighted by atomic mass is 16.2. The van der Waals surface area contributed by atoms with Gasteiger partial charge in [0.05, 0.1) is 22.4 Å². The second-order valence-electron chi connectivity index (χ2n) is 4.40. The summed E-state index contributed by atoms with van der Waals surface area (Å²) in [5, 5.41) is 11.2. The van der Waals surface area contributed by atoms with Gasteiger partial charge in [0.2, 0.25) is 0 Å². The number of carbonyl (C=O) groups excluding carboxylic acids is 2. The largest absolute Gasteiger partial charge is 0.384 e. The van der Waals surface area contributed by atoms with Crippen LogP contribution in [0.1, 0.15) is 26.3 Å². The number of hydrogen-bond donors (Lipinski definition) is 2. The first-order valence-electron chi connectivity index (χ1n) is 5.95. The maximum absolute atomic E-state index is 12.2. The Labute approximate surface area is 118 Å². The van der Waals surface area contributed by atoms with E-state index in [1.807, 2.05) is 6.07 Å². The predicted octanol–water partition coefficient (Wildman–Crippen LogP) is 0.175. The fraction of sp³-hybridized carbons (Fsp3) is 0. The Balaban J connectivity index is 2.40. The van der Waals surface area contributed by atoms with E-state index >= 15 is 0 Å². The van der Waals surface area contributed by atoms with E-state index < -0.39 is 17.4 Å². The van der Waals surface area contributed by atoms with Crippen LogP contribution < -0.4 is 16.6 Å². The van der Waals surface area contributed by atoms with E-state index in [1.165, 1.54) is 12.1 Å². The van der Waals surface area contributed by atoms with Crippen molar-refractivity contribution < 1.29 is 9.59 Å². The van der Waals surface area contributed by atoms with Gasteiger partial charge in [-0.1, -0.05) is 12.1 Å². The third-order valence-corrected chi connectivity index (χ3v) is 3.22. The zero-order valence-electron chi connectivity index (χ0n) is 10.6. The number of imide groups is 1. The summed E-state index contributed by atoms with van der Waals surface area (Å²) < 4.78 is 1.05. The molecule has 0 atom stereocenters. The van der Waals surface area contributed by atoms with Crippen LogP contribution in [0.4, 0.5) is 5.82 Å². The average molecular weight is 280 g/mol. The molecule has 2 amide bonds. The van der Waals surface area contributed by atoms with Gasteiger partial charge in [0.25, 0.3) is 17.4 Å². The molecular weight excluding hydrogens is 272 g/mol. The molecule has 1 aliphatic rings. The molecule has 0 bridgehead atoms. The van der Waals surface area contributed by atoms with Gasteiger partial charge in [-0.2, -0.15) is 5.26 Å². The van der Waals surface area contributed by atoms with Crippen LogP contribution in [0.2, 0.25) is 0 Å². The van der Waals surface area contributed by atoms with E-state index in [9.17, 15) is 14.4 Å². The second-order valence-corrected chi connectivity index (χ2v) is 4.40. The highest BCUT2D eigenvalue weighted by Crippen LogP contribution is 2.23. The van der Waals surface area contributed by atoms with E-state index in [2.05, 4.69) is 5.32 Å². The molecule has 0 unspecified atom stereocenters. The first-order valence-corrected chi connectivity index (χ1v) is 5.95. The summed E-state index contributed by atoms with van der Waals surface area (Å²) in [6.07, 6.45) is 0. The molecule has 1 aliphatic heterocycles. The molecule has 7 heteroatoms. The first kappa shape index (κ1) is 12.6. The van der Waals surface area contributed by atoms with Crippen molar-refractivity contribution in [1.29, 1.82) is 5.26 Å². The Morgan fingerprint density at radius 1 is 1.14 bits per heavy atom. The van der Waals surface area contributed by atoms with Crippen molar-refractivity contribution in [3.05, 3.63) is 57.4 Å². The van der Waals surface area contributed by atoms with Crippen LogP contribution in [0.15, 0.2) is 35.1 Å². The van der Waals surface area contributed by atoms with E-state index in [4.69, 9.17) is 11.0 Å². The molecular formula is C14H8N4O3. The highest BCUT2D eigenvalue weighted by Gasteiger charge is 2.32. The molecule has 102 valence electrons. The number of rotatable bonds is 1. The number of para-hydroxylation sites is 1. The number of pyridine rings is 1. The summed E-state index contributed by atoms with van der Waals surface area (Å²) in [6, 6.07) is 9.35. The molecule has 0 radical (unpaired) electrons. The third-order valence-electron chi connectivity index (χ3n) is 3.22. The standard InChI is InChI=1S/C14H8N4O3/c15-6-7-3-1-2-4-9(7)18-10(19)5-8-11(12(18)16)14(21)17-13(8)20/h1-5H,16H2,(H,17,20,21). The van der Waals surface area contributed by atoms with Crippen molar-refractivity contribution in [2.24, 2.45) is 0 Å². The summed E-state index contributed by atoms with van der Waals surface area (Å²) in [4.78, 5) is 35.5. The third kappa shape index (κ3) is 1.70. The van der Waals surface area contributed by atoms with Gasteiger partial charge in [-0.15, -0.1) is 0 Å². The molecule has 3 rings (SSSR count). The molecule has 1 aromatic heterocycles. The lowest BCUT2D eigenvalue weighted by Gasteiger charge is -2.12. The fourth-order valence-corrected chi connectivity index (χ4v) is 2.29. The van der Waals surface area contributed by atoms with Crippen LogP contribution in [-0.2, 0) is 0 Å². The molecule has 0 fully saturated rings. The maximum atomic E-state index is 12.2. The SMILES string of the molecule is N#Cc1ccccc1-n1c(N)c2c(cc1=O)C(=O)NC2=O. The van der Waals surface area contributed by atoms with Gasteiger partial charge in [-0.3, -0.25) is 24.3 Å². The minimum atomic E-state index is -0.657. The van der Waals surface area contributed by atoms with E-state index in [0.29, 0.717) is 0 Å². The van der Waals surface area contributed by atoms with Crippen molar-refractivity contribution in [2.45, 2.75) is 0 Å². The van der Waals surface area contributed by atoms with Crippen molar-refractivity contribution >= 4 is 17.6 Å². The van der Waals surface area contributed by atoms with Crippen LogP contribution in [0.5, 0.6) is 0 Å². The topological polar surface area (TPSA) is 118 Å². The first-order chi connectivity index (χ1) is 10.0. The Kier molecular flexibility index (Phi) is 2.59. The van der Waals surface area contributed by atoms with Gasteiger partial charge in [0.15, 0.2) is 0 Å². The summed E-state index contributed by atoms with van der Waals surface area (Å²) in [7, 11) is 0. The van der Waals surface area contributed by atoms with E-state index in [-0.39, 0.29) is 28.2 Å². The number of anilines is 1. The van der Waals surface area contributed by atoms with Crippen LogP contribution in [0, 0.1) is 11.3 Å². The Morgan fingerprint density at radius 2 is 1.86 bits per heavy atom. The van der Waals surface area contributed by atoms with Gasteiger partial charge in [0.1, 0.15) is 11.9 Å². The molecule has 0 saturated heterocycles. The van der Waals surface area contributed by atoms with Crippen LogP contribution in [0.3, 0.4) is 0 Å². The number of nitrogen functional groups attached to an aromatic ring is 1. The lowest BCUT2D eigenvalue weighted by Crippen LogP contribution is -2.24. The number of nitrogens with two attached hydrogens (primary N) is 1. The Morgan fingerprint density at radius 3 is 2.57 bits per heavy atom. The molecule has 7 nitrogen and oxygen atoms in total. The summed E-state index contributed by atoms with van der Waals surface area (Å²) in [5.74, 6) is -1.47. The average Bonchev–Trinajstić information content (AvgIpc) is 2.74.